The van der Waals surface area contributed by atoms with Crippen molar-refractivity contribution in [3.05, 3.63) is 0 Å². The van der Waals surface area contributed by atoms with Crippen molar-refractivity contribution in [2.45, 2.75) is 70.8 Å². The maximum absolute atomic E-state index is 10.9. The Hall–Kier alpha value is -1.14. The Morgan fingerprint density at radius 3 is 1.68 bits per heavy atom. The van der Waals surface area contributed by atoms with Crippen LogP contribution >= 0.6 is 0 Å². The molecule has 0 aliphatic rings. The van der Waals surface area contributed by atoms with Gasteiger partial charge in [-0.3, -0.25) is 9.69 Å². The number of carboxylic acids is 2. The molecule has 150 valence electrons. The first-order valence-electron chi connectivity index (χ1n) is 9.40. The number of carboxylic acid groups (broad SMARTS) is 2. The highest BCUT2D eigenvalue weighted by atomic mass is 16.4. The van der Waals surface area contributed by atoms with Gasteiger partial charge in [-0.2, -0.15) is 0 Å². The molecule has 1 N–H and O–H groups in total. The van der Waals surface area contributed by atoms with Crippen molar-refractivity contribution in [1.29, 1.82) is 0 Å². The molecule has 0 aromatic heterocycles. The van der Waals surface area contributed by atoms with Crippen LogP contribution in [0, 0.1) is 0 Å². The van der Waals surface area contributed by atoms with E-state index in [1.807, 2.05) is 14.1 Å². The van der Waals surface area contributed by atoms with Crippen LogP contribution in [0.3, 0.4) is 0 Å². The van der Waals surface area contributed by atoms with Gasteiger partial charge in [0.25, 0.3) is 0 Å². The summed E-state index contributed by atoms with van der Waals surface area (Å²) in [7, 11) is 9.08. The van der Waals surface area contributed by atoms with Gasteiger partial charge in [-0.15, -0.1) is 0 Å². The van der Waals surface area contributed by atoms with Gasteiger partial charge in [-0.1, -0.05) is 58.3 Å². The van der Waals surface area contributed by atoms with Gasteiger partial charge in [0, 0.05) is 0 Å². The number of quaternary nitrogens is 1. The van der Waals surface area contributed by atoms with E-state index in [9.17, 15) is 14.7 Å². The number of aliphatic carboxylic acids is 2. The molecule has 0 saturated carbocycles. The second-order valence-electron chi connectivity index (χ2n) is 7.90. The lowest BCUT2D eigenvalue weighted by Gasteiger charge is -2.23. The van der Waals surface area contributed by atoms with Crippen LogP contribution in [-0.4, -0.2) is 74.3 Å². The van der Waals surface area contributed by atoms with Crippen LogP contribution in [0.1, 0.15) is 64.7 Å². The predicted molar refractivity (Wildman–Crippen MR) is 100 cm³/mol. The van der Waals surface area contributed by atoms with Gasteiger partial charge < -0.3 is 19.5 Å². The molecule has 0 rings (SSSR count). The third kappa shape index (κ3) is 20.8. The summed E-state index contributed by atoms with van der Waals surface area (Å²) >= 11 is 0. The summed E-state index contributed by atoms with van der Waals surface area (Å²) in [4.78, 5) is 22.6. The molecule has 0 heterocycles. The Morgan fingerprint density at radius 1 is 0.960 bits per heavy atom. The lowest BCUT2D eigenvalue weighted by molar-refractivity contribution is -0.864. The Labute approximate surface area is 154 Å². The van der Waals surface area contributed by atoms with Gasteiger partial charge in [-0.05, 0) is 20.5 Å². The fourth-order valence-electron chi connectivity index (χ4n) is 2.46. The van der Waals surface area contributed by atoms with Crippen LogP contribution in [0.2, 0.25) is 0 Å². The number of carbonyl (C=O) groups is 2. The maximum atomic E-state index is 10.9. The Balaban J connectivity index is 0. The van der Waals surface area contributed by atoms with Crippen molar-refractivity contribution in [1.82, 2.24) is 4.90 Å². The maximum Gasteiger partial charge on any atom is 0.320 e. The molecule has 25 heavy (non-hydrogen) atoms. The average molecular weight is 361 g/mol. The molecule has 0 aromatic carbocycles. The molecule has 0 aromatic rings. The second kappa shape index (κ2) is 15.1. The van der Waals surface area contributed by atoms with Gasteiger partial charge in [-0.25, -0.2) is 0 Å². The van der Waals surface area contributed by atoms with E-state index in [4.69, 9.17) is 5.11 Å². The van der Waals surface area contributed by atoms with Crippen LogP contribution in [0.25, 0.3) is 0 Å². The summed E-state index contributed by atoms with van der Waals surface area (Å²) in [5.74, 6) is -1.70. The largest absolute Gasteiger partial charge is 0.544 e. The highest BCUT2D eigenvalue weighted by molar-refractivity contribution is 5.73. The van der Waals surface area contributed by atoms with Gasteiger partial charge in [0.2, 0.25) is 0 Å². The highest BCUT2D eigenvalue weighted by Crippen LogP contribution is 2.12. The minimum absolute atomic E-state index is 0.0694. The summed E-state index contributed by atoms with van der Waals surface area (Å²) in [6, 6.07) is -0.310. The zero-order valence-corrected chi connectivity index (χ0v) is 17.2. The van der Waals surface area contributed by atoms with Gasteiger partial charge >= 0.3 is 5.97 Å². The molecular weight excluding hydrogens is 320 g/mol. The summed E-state index contributed by atoms with van der Waals surface area (Å²) in [6.07, 6.45) is 10.9. The molecule has 1 unspecified atom stereocenters. The Morgan fingerprint density at radius 2 is 1.40 bits per heavy atom. The standard InChI is InChI=1S/C14H29NO2.C5H11NO2/c1-4-5-6-7-8-9-10-11-12-13(14(16)17)15(2)3;1-6(2,3)4-5(7)8/h13H,4-12H2,1-3H3,(H,16,17);4H2,1-3H3. The summed E-state index contributed by atoms with van der Waals surface area (Å²) < 4.78 is 0.419. The molecule has 0 spiro atoms. The third-order valence-corrected chi connectivity index (χ3v) is 3.84. The number of unbranched alkanes of at least 4 members (excludes halogenated alkanes) is 7. The number of hydrogen-bond donors (Lipinski definition) is 1. The minimum atomic E-state index is -1.00. The fourth-order valence-corrected chi connectivity index (χ4v) is 2.46. The molecule has 0 aliphatic heterocycles. The minimum Gasteiger partial charge on any atom is -0.544 e. The first-order valence-corrected chi connectivity index (χ1v) is 9.40. The van der Waals surface area contributed by atoms with Crippen molar-refractivity contribution in [3.8, 4) is 0 Å². The topological polar surface area (TPSA) is 80.7 Å². The van der Waals surface area contributed by atoms with Crippen LogP contribution in [0.5, 0.6) is 0 Å². The molecule has 0 amide bonds. The van der Waals surface area contributed by atoms with Gasteiger partial charge in [0.05, 0.1) is 27.1 Å². The zero-order valence-electron chi connectivity index (χ0n) is 17.2. The summed E-state index contributed by atoms with van der Waals surface area (Å²) in [5.41, 5.74) is 0. The Bertz CT molecular complexity index is 352. The molecule has 0 fully saturated rings. The second-order valence-corrected chi connectivity index (χ2v) is 7.90. The van der Waals surface area contributed by atoms with Crippen LogP contribution in [-0.2, 0) is 9.59 Å². The predicted octanol–water partition coefficient (Wildman–Crippen LogP) is 1.97. The number of carbonyl (C=O) groups excluding carboxylic acids is 1. The molecule has 6 nitrogen and oxygen atoms in total. The van der Waals surface area contributed by atoms with Crippen LogP contribution in [0.15, 0.2) is 0 Å². The van der Waals surface area contributed by atoms with Crippen molar-refractivity contribution in [2.75, 3.05) is 41.8 Å². The highest BCUT2D eigenvalue weighted by Gasteiger charge is 2.18. The van der Waals surface area contributed by atoms with Crippen LogP contribution < -0.4 is 5.11 Å². The molecule has 0 aliphatic carbocycles. The van der Waals surface area contributed by atoms with Crippen molar-refractivity contribution >= 4 is 11.9 Å². The smallest absolute Gasteiger partial charge is 0.320 e. The number of nitrogens with zero attached hydrogens (tertiary/aromatic N) is 2. The Kier molecular flexibility index (Phi) is 15.8. The van der Waals surface area contributed by atoms with Gasteiger partial charge in [0.1, 0.15) is 12.6 Å². The van der Waals surface area contributed by atoms with E-state index in [2.05, 4.69) is 6.92 Å². The third-order valence-electron chi connectivity index (χ3n) is 3.84. The average Bonchev–Trinajstić information content (AvgIpc) is 2.42. The van der Waals surface area contributed by atoms with E-state index in [-0.39, 0.29) is 12.6 Å². The zero-order chi connectivity index (χ0) is 19.9. The lowest BCUT2D eigenvalue weighted by atomic mass is 10.0. The van der Waals surface area contributed by atoms with Crippen molar-refractivity contribution in [3.63, 3.8) is 0 Å². The number of rotatable bonds is 13. The lowest BCUT2D eigenvalue weighted by Crippen LogP contribution is -2.45. The molecular formula is C19H40N2O4. The first-order chi connectivity index (χ1) is 11.5. The van der Waals surface area contributed by atoms with E-state index in [1.165, 1.54) is 44.9 Å². The summed E-state index contributed by atoms with van der Waals surface area (Å²) in [5, 5.41) is 18.9. The molecule has 0 radical (unpaired) electrons. The number of hydrogen-bond acceptors (Lipinski definition) is 4. The van der Waals surface area contributed by atoms with E-state index < -0.39 is 11.9 Å². The quantitative estimate of drug-likeness (QED) is 0.401. The first kappa shape index (κ1) is 26.1. The van der Waals surface area contributed by atoms with Crippen molar-refractivity contribution < 1.29 is 24.3 Å². The van der Waals surface area contributed by atoms with Gasteiger partial charge in [0.15, 0.2) is 0 Å². The molecule has 1 atom stereocenters. The van der Waals surface area contributed by atoms with E-state index in [0.29, 0.717) is 4.48 Å². The molecule has 0 bridgehead atoms. The van der Waals surface area contributed by atoms with Crippen LogP contribution in [0.4, 0.5) is 0 Å². The fraction of sp³-hybridized carbons (Fsp3) is 0.895. The van der Waals surface area contributed by atoms with E-state index in [1.54, 1.807) is 26.0 Å². The normalized spacial score (nSPS) is 12.4. The monoisotopic (exact) mass is 360 g/mol. The SMILES string of the molecule is CCCCCCCCCCC(C(=O)O)N(C)C.C[N+](C)(C)CC(=O)[O-]. The molecule has 6 heteroatoms. The van der Waals surface area contributed by atoms with Crippen molar-refractivity contribution in [2.24, 2.45) is 0 Å². The van der Waals surface area contributed by atoms with E-state index >= 15 is 0 Å². The summed E-state index contributed by atoms with van der Waals surface area (Å²) in [6.45, 7) is 2.30. The van der Waals surface area contributed by atoms with E-state index in [0.717, 1.165) is 12.8 Å². The number of likely N-dealkylation sites (N-methyl/N-ethyl adjacent to an activating group) is 2. The molecule has 0 saturated heterocycles.